The smallest absolute Gasteiger partial charge is 0.334 e. The van der Waals surface area contributed by atoms with Crippen molar-refractivity contribution >= 4 is 17.5 Å². The van der Waals surface area contributed by atoms with Crippen molar-refractivity contribution in [1.29, 1.82) is 0 Å². The lowest BCUT2D eigenvalue weighted by Crippen LogP contribution is -2.41. The first-order valence-electron chi connectivity index (χ1n) is 7.16. The first-order valence-corrected chi connectivity index (χ1v) is 7.69. The number of aryl methyl sites for hydroxylation is 1. The third-order valence-corrected chi connectivity index (χ3v) is 3.96. The lowest BCUT2D eigenvalue weighted by atomic mass is 10.1. The van der Waals surface area contributed by atoms with E-state index in [0.717, 1.165) is 24.1 Å². The van der Waals surface area contributed by atoms with E-state index in [4.69, 9.17) is 11.6 Å². The highest BCUT2D eigenvalue weighted by molar-refractivity contribution is 6.27. The Kier molecular flexibility index (Phi) is 5.04. The van der Waals surface area contributed by atoms with Gasteiger partial charge in [-0.3, -0.25) is 9.48 Å². The first kappa shape index (κ1) is 17.1. The van der Waals surface area contributed by atoms with Gasteiger partial charge in [0.1, 0.15) is 5.88 Å². The highest BCUT2D eigenvalue weighted by Gasteiger charge is 2.35. The third kappa shape index (κ3) is 4.38. The Balaban J connectivity index is 2.18. The summed E-state index contributed by atoms with van der Waals surface area (Å²) in [6.45, 7) is 1.51. The molecule has 4 nitrogen and oxygen atoms in total. The summed E-state index contributed by atoms with van der Waals surface area (Å²) in [7, 11) is 1.77. The Morgan fingerprint density at radius 1 is 1.55 bits per heavy atom. The van der Waals surface area contributed by atoms with Crippen LogP contribution in [0.25, 0.3) is 0 Å². The van der Waals surface area contributed by atoms with Crippen molar-refractivity contribution in [2.45, 2.75) is 50.9 Å². The van der Waals surface area contributed by atoms with Crippen LogP contribution in [0.1, 0.15) is 43.4 Å². The van der Waals surface area contributed by atoms with Gasteiger partial charge in [-0.15, -0.1) is 11.6 Å². The van der Waals surface area contributed by atoms with Crippen LogP contribution in [0.4, 0.5) is 13.2 Å². The Morgan fingerprint density at radius 2 is 2.18 bits per heavy atom. The van der Waals surface area contributed by atoms with E-state index in [1.807, 2.05) is 0 Å². The molecule has 0 bridgehead atoms. The Labute approximate surface area is 132 Å². The summed E-state index contributed by atoms with van der Waals surface area (Å²) in [6, 6.07) is -0.960. The second kappa shape index (κ2) is 6.48. The van der Waals surface area contributed by atoms with Crippen molar-refractivity contribution in [3.8, 4) is 0 Å². The quantitative estimate of drug-likeness (QED) is 0.748. The molecule has 0 N–H and O–H groups in total. The molecule has 0 spiro atoms. The molecule has 1 atom stereocenters. The van der Waals surface area contributed by atoms with Crippen LogP contribution in [-0.4, -0.2) is 38.7 Å². The van der Waals surface area contributed by atoms with Crippen molar-refractivity contribution in [1.82, 2.24) is 14.7 Å². The predicted molar refractivity (Wildman–Crippen MR) is 76.6 cm³/mol. The van der Waals surface area contributed by atoms with Gasteiger partial charge in [0, 0.05) is 37.3 Å². The summed E-state index contributed by atoms with van der Waals surface area (Å²) in [4.78, 5) is 13.1. The Hall–Kier alpha value is -1.24. The molecule has 1 saturated carbocycles. The van der Waals surface area contributed by atoms with Gasteiger partial charge in [0.15, 0.2) is 0 Å². The van der Waals surface area contributed by atoms with E-state index in [1.54, 1.807) is 17.9 Å². The van der Waals surface area contributed by atoms with Crippen LogP contribution >= 0.6 is 11.6 Å². The monoisotopic (exact) mass is 337 g/mol. The van der Waals surface area contributed by atoms with Crippen LogP contribution in [0.15, 0.2) is 6.20 Å². The number of aromatic nitrogens is 2. The van der Waals surface area contributed by atoms with Crippen LogP contribution < -0.4 is 0 Å². The number of carbonyl (C=O) groups is 1. The second-order valence-corrected chi connectivity index (χ2v) is 6.08. The minimum absolute atomic E-state index is 0.114. The van der Waals surface area contributed by atoms with Gasteiger partial charge < -0.3 is 4.90 Å². The minimum atomic E-state index is -4.32. The van der Waals surface area contributed by atoms with Gasteiger partial charge in [0.2, 0.25) is 5.91 Å². The largest absolute Gasteiger partial charge is 0.391 e. The number of alkyl halides is 4. The summed E-state index contributed by atoms with van der Waals surface area (Å²) in [5, 5.41) is 4.37. The first-order chi connectivity index (χ1) is 10.2. The number of carbonyl (C=O) groups excluding carboxylic acids is 1. The van der Waals surface area contributed by atoms with E-state index in [2.05, 4.69) is 5.10 Å². The maximum atomic E-state index is 12.6. The zero-order chi connectivity index (χ0) is 16.5. The number of halogens is 4. The van der Waals surface area contributed by atoms with E-state index < -0.39 is 24.5 Å². The topological polar surface area (TPSA) is 38.1 Å². The van der Waals surface area contributed by atoms with Crippen LogP contribution in [0.2, 0.25) is 0 Å². The molecule has 1 aliphatic carbocycles. The molecule has 1 amide bonds. The molecule has 1 fully saturated rings. The average molecular weight is 338 g/mol. The molecule has 0 aromatic carbocycles. The lowest BCUT2D eigenvalue weighted by Gasteiger charge is -2.29. The highest BCUT2D eigenvalue weighted by atomic mass is 35.5. The number of rotatable bonds is 6. The van der Waals surface area contributed by atoms with Crippen molar-refractivity contribution < 1.29 is 18.0 Å². The summed E-state index contributed by atoms with van der Waals surface area (Å²) in [5.41, 5.74) is 1.69. The van der Waals surface area contributed by atoms with E-state index >= 15 is 0 Å². The summed E-state index contributed by atoms with van der Waals surface area (Å²) in [6.07, 6.45) is -1.53. The lowest BCUT2D eigenvalue weighted by molar-refractivity contribution is -0.153. The zero-order valence-corrected chi connectivity index (χ0v) is 13.3. The maximum absolute atomic E-state index is 12.6. The molecule has 22 heavy (non-hydrogen) atoms. The molecule has 0 radical (unpaired) electrons. The SMILES string of the molecule is CC(CC(F)(F)F)N(Cc1cn(C)nc1C1CC1)C(=O)CCl. The van der Waals surface area contributed by atoms with Gasteiger partial charge in [-0.1, -0.05) is 0 Å². The standard InChI is InChI=1S/C14H19ClF3N3O/c1-9(5-14(16,17)18)21(12(22)6-15)8-11-7-20(2)19-13(11)10-3-4-10/h7,9-10H,3-6,8H2,1-2H3. The molecule has 1 aliphatic rings. The summed E-state index contributed by atoms with van der Waals surface area (Å²) in [5.74, 6) is -0.465. The molecular weight excluding hydrogens is 319 g/mol. The van der Waals surface area contributed by atoms with Crippen LogP contribution in [0.3, 0.4) is 0 Å². The van der Waals surface area contributed by atoms with Crippen LogP contribution in [0.5, 0.6) is 0 Å². The van der Waals surface area contributed by atoms with Gasteiger partial charge in [0.25, 0.3) is 0 Å². The molecule has 0 saturated heterocycles. The Bertz CT molecular complexity index is 540. The maximum Gasteiger partial charge on any atom is 0.391 e. The summed E-state index contributed by atoms with van der Waals surface area (Å²) < 4.78 is 39.5. The molecule has 0 aliphatic heterocycles. The molecule has 2 rings (SSSR count). The van der Waals surface area contributed by atoms with Crippen LogP contribution in [-0.2, 0) is 18.4 Å². The number of hydrogen-bond donors (Lipinski definition) is 0. The van der Waals surface area contributed by atoms with Gasteiger partial charge in [0.05, 0.1) is 12.1 Å². The van der Waals surface area contributed by atoms with Crippen molar-refractivity contribution in [3.63, 3.8) is 0 Å². The zero-order valence-electron chi connectivity index (χ0n) is 12.5. The number of hydrogen-bond acceptors (Lipinski definition) is 2. The van der Waals surface area contributed by atoms with Gasteiger partial charge in [-0.2, -0.15) is 18.3 Å². The summed E-state index contributed by atoms with van der Waals surface area (Å²) >= 11 is 5.55. The Morgan fingerprint density at radius 3 is 2.68 bits per heavy atom. The van der Waals surface area contributed by atoms with Crippen LogP contribution in [0, 0.1) is 0 Å². The molecule has 124 valence electrons. The van der Waals surface area contributed by atoms with E-state index in [0.29, 0.717) is 5.92 Å². The highest BCUT2D eigenvalue weighted by Crippen LogP contribution is 2.41. The van der Waals surface area contributed by atoms with Crippen molar-refractivity contribution in [3.05, 3.63) is 17.5 Å². The fraction of sp³-hybridized carbons (Fsp3) is 0.714. The minimum Gasteiger partial charge on any atom is -0.334 e. The molecule has 1 heterocycles. The normalized spacial score (nSPS) is 16.6. The number of amides is 1. The molecule has 1 aromatic rings. The fourth-order valence-corrected chi connectivity index (χ4v) is 2.73. The van der Waals surface area contributed by atoms with Crippen molar-refractivity contribution in [2.75, 3.05) is 5.88 Å². The fourth-order valence-electron chi connectivity index (χ4n) is 2.57. The van der Waals surface area contributed by atoms with E-state index in [9.17, 15) is 18.0 Å². The third-order valence-electron chi connectivity index (χ3n) is 3.74. The van der Waals surface area contributed by atoms with Gasteiger partial charge in [-0.05, 0) is 19.8 Å². The average Bonchev–Trinajstić information content (AvgIpc) is 3.17. The van der Waals surface area contributed by atoms with E-state index in [-0.39, 0.29) is 12.4 Å². The molecule has 1 aromatic heterocycles. The second-order valence-electron chi connectivity index (χ2n) is 5.81. The van der Waals surface area contributed by atoms with E-state index in [1.165, 1.54) is 11.8 Å². The molecule has 1 unspecified atom stereocenters. The predicted octanol–water partition coefficient (Wildman–Crippen LogP) is 3.21. The van der Waals surface area contributed by atoms with Gasteiger partial charge in [-0.25, -0.2) is 0 Å². The number of nitrogens with zero attached hydrogens (tertiary/aromatic N) is 3. The molecular formula is C14H19ClF3N3O. The van der Waals surface area contributed by atoms with Crippen molar-refractivity contribution in [2.24, 2.45) is 7.05 Å². The molecule has 8 heteroatoms. The van der Waals surface area contributed by atoms with Gasteiger partial charge >= 0.3 is 6.18 Å².